The Morgan fingerprint density at radius 3 is 2.13 bits per heavy atom. The molecular weight excluding hydrogens is 1110 g/mol. The number of cyclic esters (lactones) is 1. The summed E-state index contributed by atoms with van der Waals surface area (Å²) in [5.41, 5.74) is 7.74. The molecule has 2 aliphatic heterocycles. The van der Waals surface area contributed by atoms with Crippen LogP contribution in [0.15, 0.2) is 53.3 Å². The molecule has 2 aromatic heterocycles. The molecule has 0 saturated heterocycles. The molecule has 24 heteroatoms. The molecule has 22 nitrogen and oxygen atoms in total. The zero-order valence-electron chi connectivity index (χ0n) is 49.4. The highest BCUT2D eigenvalue weighted by molar-refractivity contribution is 8.77. The molecule has 6 rings (SSSR count). The van der Waals surface area contributed by atoms with Gasteiger partial charge in [0, 0.05) is 84.2 Å². The van der Waals surface area contributed by atoms with Crippen molar-refractivity contribution in [2.24, 2.45) is 17.6 Å². The largest absolute Gasteiger partial charge is 0.458 e. The summed E-state index contributed by atoms with van der Waals surface area (Å²) in [4.78, 5) is 125. The van der Waals surface area contributed by atoms with E-state index in [1.807, 2.05) is 48.5 Å². The fourth-order valence-electron chi connectivity index (χ4n) is 9.54. The van der Waals surface area contributed by atoms with Crippen LogP contribution in [0, 0.1) is 11.8 Å². The quantitative estimate of drug-likeness (QED) is 0.0180. The van der Waals surface area contributed by atoms with E-state index in [4.69, 9.17) is 24.9 Å². The third-order valence-corrected chi connectivity index (χ3v) is 18.7. The number of amides is 7. The van der Waals surface area contributed by atoms with Crippen molar-refractivity contribution in [3.63, 3.8) is 0 Å². The maximum absolute atomic E-state index is 13.8. The van der Waals surface area contributed by atoms with Crippen LogP contribution in [0.25, 0.3) is 22.3 Å². The third-order valence-electron chi connectivity index (χ3n) is 14.5. The van der Waals surface area contributed by atoms with Crippen LogP contribution in [0.1, 0.15) is 129 Å². The molecule has 4 aromatic rings. The number of likely N-dealkylation sites (N-methyl/N-ethyl adjacent to an activating group) is 2. The van der Waals surface area contributed by atoms with Crippen LogP contribution in [0.5, 0.6) is 5.75 Å². The summed E-state index contributed by atoms with van der Waals surface area (Å²) in [5.74, 6) is -2.26. The molecule has 4 heterocycles. The van der Waals surface area contributed by atoms with Crippen molar-refractivity contribution >= 4 is 85.9 Å². The van der Waals surface area contributed by atoms with E-state index in [0.717, 1.165) is 16.5 Å². The summed E-state index contributed by atoms with van der Waals surface area (Å²) in [6.07, 6.45) is 0.144. The Balaban J connectivity index is 0.994. The average Bonchev–Trinajstić information content (AvgIpc) is 4.09. The van der Waals surface area contributed by atoms with Gasteiger partial charge in [-0.05, 0) is 107 Å². The lowest BCUT2D eigenvalue weighted by atomic mass is 9.86. The van der Waals surface area contributed by atoms with E-state index in [-0.39, 0.29) is 116 Å². The summed E-state index contributed by atoms with van der Waals surface area (Å²) in [6, 6.07) is 10.5. The average molecular weight is 1190 g/mol. The molecule has 3 atom stereocenters. The number of carbonyl (C=O) groups is 8. The van der Waals surface area contributed by atoms with E-state index in [1.165, 1.54) is 34.7 Å². The van der Waals surface area contributed by atoms with E-state index in [1.54, 1.807) is 84.7 Å². The van der Waals surface area contributed by atoms with Crippen LogP contribution < -0.4 is 37.3 Å². The molecular formula is C59H79N9O13S2. The molecule has 0 fully saturated rings. The molecule has 7 amide bonds. The maximum atomic E-state index is 13.8. The normalized spacial score (nSPS) is 15.3. The number of fused-ring (bicyclic) bond motifs is 5. The number of anilines is 1. The van der Waals surface area contributed by atoms with Crippen LogP contribution >= 0.6 is 21.6 Å². The number of nitrogens with one attached hydrogen (secondary N) is 4. The number of esters is 1. The Morgan fingerprint density at radius 2 is 1.52 bits per heavy atom. The fraction of sp³-hybridized carbons (Fsp3) is 0.525. The van der Waals surface area contributed by atoms with Crippen molar-refractivity contribution in [2.75, 3.05) is 39.0 Å². The van der Waals surface area contributed by atoms with Crippen LogP contribution in [0.2, 0.25) is 0 Å². The van der Waals surface area contributed by atoms with E-state index in [9.17, 15) is 48.3 Å². The Bertz CT molecular complexity index is 3180. The van der Waals surface area contributed by atoms with Crippen molar-refractivity contribution in [1.82, 2.24) is 35.3 Å². The van der Waals surface area contributed by atoms with Gasteiger partial charge in [0.15, 0.2) is 5.60 Å². The predicted octanol–water partition coefficient (Wildman–Crippen LogP) is 7.30. The molecule has 0 aliphatic carbocycles. The number of hydrogen-bond donors (Lipinski definition) is 6. The van der Waals surface area contributed by atoms with E-state index in [0.29, 0.717) is 41.0 Å². The third kappa shape index (κ3) is 16.3. The van der Waals surface area contributed by atoms with Crippen molar-refractivity contribution in [2.45, 2.75) is 155 Å². The number of aryl methyl sites for hydroxylation is 1. The van der Waals surface area contributed by atoms with Gasteiger partial charge in [0.25, 0.3) is 5.56 Å². The lowest BCUT2D eigenvalue weighted by Crippen LogP contribution is -2.55. The van der Waals surface area contributed by atoms with Gasteiger partial charge in [0.05, 0.1) is 29.0 Å². The van der Waals surface area contributed by atoms with Crippen LogP contribution in [0.4, 0.5) is 20.1 Å². The van der Waals surface area contributed by atoms with E-state index < -0.39 is 58.4 Å². The lowest BCUT2D eigenvalue weighted by Gasteiger charge is -2.31. The number of urea groups is 1. The molecule has 83 heavy (non-hydrogen) atoms. The first-order chi connectivity index (χ1) is 39.0. The molecule has 0 saturated carbocycles. The number of ether oxygens (including phenoxy) is 3. The maximum Gasteiger partial charge on any atom is 0.415 e. The molecule has 7 N–H and O–H groups in total. The van der Waals surface area contributed by atoms with E-state index in [2.05, 4.69) is 21.3 Å². The number of primary amides is 1. The number of rotatable bonds is 26. The number of carbonyl (C=O) groups excluding carboxylic acids is 8. The monoisotopic (exact) mass is 1190 g/mol. The number of hydrogen-bond acceptors (Lipinski definition) is 16. The summed E-state index contributed by atoms with van der Waals surface area (Å²) in [7, 11) is 6.12. The van der Waals surface area contributed by atoms with Gasteiger partial charge < -0.3 is 60.7 Å². The van der Waals surface area contributed by atoms with Crippen LogP contribution in [-0.2, 0) is 65.2 Å². The van der Waals surface area contributed by atoms with Crippen molar-refractivity contribution < 1.29 is 57.7 Å². The highest BCUT2D eigenvalue weighted by atomic mass is 33.1. The van der Waals surface area contributed by atoms with E-state index >= 15 is 0 Å². The Kier molecular flexibility index (Phi) is 21.5. The first-order valence-corrected chi connectivity index (χ1v) is 30.0. The molecule has 0 unspecified atom stereocenters. The number of aromatic nitrogens is 2. The topological polar surface area (TPSA) is 300 Å². The zero-order chi connectivity index (χ0) is 61.3. The SMILES string of the molecule is CCc1c2c(nc3ccc(OC(=O)N(C)CCN(C)C(=O)OCc4ccc(NC(=O)[C@H](CCCNC(N)=O)NC(=O)[C@@H](NC(=O)CC(C)(C)SSC(C)(C)CC(=O)C(C)C)C(C)C)cc4)cc13)-c1cc3c(c(=O)n1C2)COC(=O)[C@]3(O)CC. The Labute approximate surface area is 491 Å². The molecule has 2 aromatic carbocycles. The number of ketones is 1. The second kappa shape index (κ2) is 27.5. The summed E-state index contributed by atoms with van der Waals surface area (Å²) < 4.78 is 17.2. The van der Waals surface area contributed by atoms with Crippen molar-refractivity contribution in [3.05, 3.63) is 86.7 Å². The molecule has 0 radical (unpaired) electrons. The van der Waals surface area contributed by atoms with Gasteiger partial charge in [0.2, 0.25) is 17.7 Å². The van der Waals surface area contributed by atoms with Crippen LogP contribution in [-0.4, -0.2) is 127 Å². The number of nitrogens with two attached hydrogens (primary N) is 1. The van der Waals surface area contributed by atoms with Crippen LogP contribution in [0.3, 0.4) is 0 Å². The Hall–Kier alpha value is -7.18. The lowest BCUT2D eigenvalue weighted by molar-refractivity contribution is -0.172. The molecule has 0 bridgehead atoms. The fourth-order valence-corrected chi connectivity index (χ4v) is 12.1. The summed E-state index contributed by atoms with van der Waals surface area (Å²) in [6.45, 7) is 19.0. The van der Waals surface area contributed by atoms with Gasteiger partial charge in [-0.15, -0.1) is 0 Å². The number of pyridine rings is 2. The highest BCUT2D eigenvalue weighted by Gasteiger charge is 2.46. The highest BCUT2D eigenvalue weighted by Crippen LogP contribution is 2.47. The van der Waals surface area contributed by atoms with Gasteiger partial charge in [-0.2, -0.15) is 0 Å². The number of Topliss-reactive ketones (excluding diaryl/α,β-unsaturated/α-hetero) is 1. The minimum Gasteiger partial charge on any atom is -0.458 e. The predicted molar refractivity (Wildman–Crippen MR) is 318 cm³/mol. The van der Waals surface area contributed by atoms with Gasteiger partial charge in [-0.25, -0.2) is 24.2 Å². The summed E-state index contributed by atoms with van der Waals surface area (Å²) in [5, 5.41) is 23.0. The van der Waals surface area contributed by atoms with Gasteiger partial charge >= 0.3 is 24.2 Å². The zero-order valence-corrected chi connectivity index (χ0v) is 51.1. The smallest absolute Gasteiger partial charge is 0.415 e. The van der Waals surface area contributed by atoms with Gasteiger partial charge in [-0.1, -0.05) is 75.3 Å². The second-order valence-corrected chi connectivity index (χ2v) is 26.5. The minimum absolute atomic E-state index is 0.0268. The molecule has 2 aliphatic rings. The van der Waals surface area contributed by atoms with Gasteiger partial charge in [-0.3, -0.25) is 24.0 Å². The van der Waals surface area contributed by atoms with Crippen molar-refractivity contribution in [1.29, 1.82) is 0 Å². The first kappa shape index (κ1) is 65.0. The number of benzene rings is 2. The molecule has 0 spiro atoms. The number of aliphatic hydroxyl groups is 1. The van der Waals surface area contributed by atoms with Gasteiger partial charge in [0.1, 0.15) is 36.8 Å². The molecule has 450 valence electrons. The summed E-state index contributed by atoms with van der Waals surface area (Å²) >= 11 is 0. The standard InChI is InChI=1S/C59H79N9O13S2/c1-13-38-39-26-37(21-22-43(39)63-49-40(38)30-68-45(49)27-42-41(52(68)73)32-79-53(74)59(42,78)14-2)81-56(77)67(12)25-24-66(11)55(76)80-31-35-17-19-36(20-18-35)62-50(71)44(16-15-23-61-54(60)75)64-51(72)48(34(5)6)65-47(70)29-58(9,10)83-82-57(7,8)28-46(69)33(3)4/h17-22,26-27,33-34,44,48,78H,13-16,23-25,28-32H2,1-12H3,(H,62,71)(H,64,72)(H,65,70)(H3,60,61,75)/t44-,48-,59-/m0/s1. The number of nitrogens with zero attached hydrogens (tertiary/aromatic N) is 4. The Morgan fingerprint density at radius 1 is 0.867 bits per heavy atom. The first-order valence-electron chi connectivity index (χ1n) is 27.8. The van der Waals surface area contributed by atoms with Crippen molar-refractivity contribution in [3.8, 4) is 17.1 Å². The minimum atomic E-state index is -1.95. The second-order valence-electron chi connectivity index (χ2n) is 22.9.